The molecule has 0 unspecified atom stereocenters. The molecule has 3 saturated carbocycles. The van der Waals surface area contributed by atoms with Gasteiger partial charge in [0.25, 0.3) is 0 Å². The van der Waals surface area contributed by atoms with Gasteiger partial charge in [0.2, 0.25) is 0 Å². The first-order chi connectivity index (χ1) is 9.95. The fraction of sp³-hybridized carbons (Fsp3) is 0.842. The first-order valence-electron chi connectivity index (χ1n) is 8.88. The molecule has 0 amide bonds. The van der Waals surface area contributed by atoms with Crippen LogP contribution in [0.2, 0.25) is 0 Å². The average Bonchev–Trinajstić information content (AvgIpc) is 2.76. The minimum absolute atomic E-state index is 0.00702. The number of aliphatic hydroxyl groups excluding tert-OH is 1. The molecule has 0 aromatic carbocycles. The van der Waals surface area contributed by atoms with E-state index in [2.05, 4.69) is 19.9 Å². The summed E-state index contributed by atoms with van der Waals surface area (Å²) >= 11 is 0. The molecule has 4 aliphatic rings. The van der Waals surface area contributed by atoms with Gasteiger partial charge in [-0.05, 0) is 68.1 Å². The highest BCUT2D eigenvalue weighted by molar-refractivity contribution is 5.87. The van der Waals surface area contributed by atoms with Gasteiger partial charge in [-0.2, -0.15) is 0 Å². The first-order valence-corrected chi connectivity index (χ1v) is 8.88. The Morgan fingerprint density at radius 2 is 1.71 bits per heavy atom. The van der Waals surface area contributed by atoms with Crippen molar-refractivity contribution in [3.63, 3.8) is 0 Å². The molecule has 116 valence electrons. The topological polar surface area (TPSA) is 37.3 Å². The van der Waals surface area contributed by atoms with Crippen molar-refractivity contribution in [2.75, 3.05) is 0 Å². The van der Waals surface area contributed by atoms with Gasteiger partial charge in [-0.1, -0.05) is 25.5 Å². The lowest BCUT2D eigenvalue weighted by Gasteiger charge is -2.57. The Labute approximate surface area is 128 Å². The Hall–Kier alpha value is -0.630. The summed E-state index contributed by atoms with van der Waals surface area (Å²) in [5.41, 5.74) is 1.82. The largest absolute Gasteiger partial charge is 0.389 e. The molecule has 2 heteroatoms. The van der Waals surface area contributed by atoms with E-state index in [1.807, 2.05) is 0 Å². The van der Waals surface area contributed by atoms with Gasteiger partial charge in [0.05, 0.1) is 6.10 Å². The van der Waals surface area contributed by atoms with E-state index in [9.17, 15) is 9.90 Å². The normalized spacial score (nSPS) is 52.7. The summed E-state index contributed by atoms with van der Waals surface area (Å²) in [4.78, 5) is 12.4. The molecule has 0 aromatic heterocycles. The second-order valence-electron chi connectivity index (χ2n) is 8.55. The molecule has 4 aliphatic carbocycles. The summed E-state index contributed by atoms with van der Waals surface area (Å²) < 4.78 is 0. The molecule has 6 atom stereocenters. The SMILES string of the molecule is C[C@@]12CC[C@@H]3[C@H](CCC4=C[C@@H](O)CC[C@@]43C)[C@H]1CCC2=O. The molecule has 4 rings (SSSR count). The van der Waals surface area contributed by atoms with E-state index < -0.39 is 0 Å². The maximum absolute atomic E-state index is 12.4. The number of carbonyl (C=O) groups excluding carboxylic acids is 1. The highest BCUT2D eigenvalue weighted by Gasteiger charge is 2.58. The fourth-order valence-electron chi connectivity index (χ4n) is 6.48. The van der Waals surface area contributed by atoms with Crippen molar-refractivity contribution in [3.05, 3.63) is 11.6 Å². The van der Waals surface area contributed by atoms with Crippen molar-refractivity contribution in [3.8, 4) is 0 Å². The van der Waals surface area contributed by atoms with Crippen LogP contribution in [-0.2, 0) is 4.79 Å². The van der Waals surface area contributed by atoms with Crippen LogP contribution in [0.25, 0.3) is 0 Å². The molecule has 21 heavy (non-hydrogen) atoms. The van der Waals surface area contributed by atoms with E-state index in [1.54, 1.807) is 0 Å². The molecule has 0 spiro atoms. The zero-order valence-electron chi connectivity index (χ0n) is 13.4. The Morgan fingerprint density at radius 1 is 1.00 bits per heavy atom. The Kier molecular flexibility index (Phi) is 2.96. The molecular weight excluding hydrogens is 260 g/mol. The number of Topliss-reactive ketones (excluding diaryl/α,β-unsaturated/α-hetero) is 1. The van der Waals surface area contributed by atoms with E-state index in [0.717, 1.165) is 50.4 Å². The van der Waals surface area contributed by atoms with Crippen molar-refractivity contribution in [1.29, 1.82) is 0 Å². The number of rotatable bonds is 0. The van der Waals surface area contributed by atoms with Gasteiger partial charge < -0.3 is 5.11 Å². The molecule has 0 aromatic rings. The van der Waals surface area contributed by atoms with Crippen LogP contribution < -0.4 is 0 Å². The van der Waals surface area contributed by atoms with Crippen LogP contribution in [0, 0.1) is 28.6 Å². The monoisotopic (exact) mass is 288 g/mol. The van der Waals surface area contributed by atoms with Crippen molar-refractivity contribution >= 4 is 5.78 Å². The summed E-state index contributed by atoms with van der Waals surface area (Å²) in [6, 6.07) is 0. The molecule has 0 bridgehead atoms. The lowest BCUT2D eigenvalue weighted by molar-refractivity contribution is -0.132. The van der Waals surface area contributed by atoms with Gasteiger partial charge in [-0.25, -0.2) is 0 Å². The van der Waals surface area contributed by atoms with E-state index in [4.69, 9.17) is 0 Å². The van der Waals surface area contributed by atoms with E-state index in [-0.39, 0.29) is 11.5 Å². The van der Waals surface area contributed by atoms with Crippen molar-refractivity contribution in [2.24, 2.45) is 28.6 Å². The molecule has 3 fully saturated rings. The Balaban J connectivity index is 1.69. The van der Waals surface area contributed by atoms with Crippen LogP contribution in [0.4, 0.5) is 0 Å². The Bertz CT molecular complexity index is 508. The minimum atomic E-state index is -0.216. The Morgan fingerprint density at radius 3 is 2.52 bits per heavy atom. The third-order valence-electron chi connectivity index (χ3n) is 7.80. The van der Waals surface area contributed by atoms with Crippen LogP contribution in [0.15, 0.2) is 11.6 Å². The number of aliphatic hydroxyl groups is 1. The third-order valence-corrected chi connectivity index (χ3v) is 7.80. The first kappa shape index (κ1) is 14.0. The summed E-state index contributed by atoms with van der Waals surface area (Å²) in [6.45, 7) is 4.70. The van der Waals surface area contributed by atoms with Gasteiger partial charge in [0.1, 0.15) is 5.78 Å². The smallest absolute Gasteiger partial charge is 0.139 e. The lowest BCUT2D eigenvalue weighted by atomic mass is 9.47. The second kappa shape index (κ2) is 4.44. The number of hydrogen-bond donors (Lipinski definition) is 1. The van der Waals surface area contributed by atoms with Gasteiger partial charge in [0, 0.05) is 11.8 Å². The molecule has 0 radical (unpaired) electrons. The van der Waals surface area contributed by atoms with Crippen LogP contribution in [0.1, 0.15) is 65.2 Å². The number of allylic oxidation sites excluding steroid dienone is 1. The number of ketones is 1. The van der Waals surface area contributed by atoms with Crippen LogP contribution >= 0.6 is 0 Å². The van der Waals surface area contributed by atoms with Gasteiger partial charge >= 0.3 is 0 Å². The van der Waals surface area contributed by atoms with Crippen LogP contribution in [-0.4, -0.2) is 17.0 Å². The molecule has 0 heterocycles. The highest BCUT2D eigenvalue weighted by Crippen LogP contribution is 2.64. The van der Waals surface area contributed by atoms with E-state index in [1.165, 1.54) is 18.4 Å². The minimum Gasteiger partial charge on any atom is -0.389 e. The van der Waals surface area contributed by atoms with Crippen molar-refractivity contribution in [2.45, 2.75) is 71.3 Å². The summed E-state index contributed by atoms with van der Waals surface area (Å²) in [6.07, 6.45) is 10.7. The quantitative estimate of drug-likeness (QED) is 0.687. The van der Waals surface area contributed by atoms with Crippen molar-refractivity contribution < 1.29 is 9.90 Å². The highest BCUT2D eigenvalue weighted by atomic mass is 16.3. The number of fused-ring (bicyclic) bond motifs is 5. The van der Waals surface area contributed by atoms with Gasteiger partial charge in [-0.3, -0.25) is 4.79 Å². The van der Waals surface area contributed by atoms with Crippen LogP contribution in [0.3, 0.4) is 0 Å². The van der Waals surface area contributed by atoms with Crippen molar-refractivity contribution in [1.82, 2.24) is 0 Å². The molecule has 0 aliphatic heterocycles. The van der Waals surface area contributed by atoms with E-state index >= 15 is 0 Å². The molecule has 0 saturated heterocycles. The zero-order valence-corrected chi connectivity index (χ0v) is 13.4. The standard InChI is InChI=1S/C19H28O2/c1-18-9-7-13(20)11-12(18)3-4-14-15-5-6-17(21)19(15,2)10-8-16(14)18/h11,13-16,20H,3-10H2,1-2H3/t13-,14+,15+,16+,18-,19+/m0/s1. The maximum atomic E-state index is 12.4. The second-order valence-corrected chi connectivity index (χ2v) is 8.55. The zero-order chi connectivity index (χ0) is 14.8. The average molecular weight is 288 g/mol. The maximum Gasteiger partial charge on any atom is 0.139 e. The summed E-state index contributed by atoms with van der Waals surface area (Å²) in [7, 11) is 0. The number of hydrogen-bond acceptors (Lipinski definition) is 2. The van der Waals surface area contributed by atoms with Gasteiger partial charge in [0.15, 0.2) is 0 Å². The molecule has 2 nitrogen and oxygen atoms in total. The lowest BCUT2D eigenvalue weighted by Crippen LogP contribution is -2.50. The molecular formula is C19H28O2. The van der Waals surface area contributed by atoms with E-state index in [0.29, 0.717) is 17.1 Å². The third kappa shape index (κ3) is 1.78. The van der Waals surface area contributed by atoms with Crippen LogP contribution in [0.5, 0.6) is 0 Å². The summed E-state index contributed by atoms with van der Waals surface area (Å²) in [5, 5.41) is 9.96. The molecule has 1 N–H and O–H groups in total. The predicted molar refractivity (Wildman–Crippen MR) is 82.7 cm³/mol. The predicted octanol–water partition coefficient (Wildman–Crippen LogP) is 3.88. The number of carbonyl (C=O) groups is 1. The fourth-order valence-corrected chi connectivity index (χ4v) is 6.48. The summed E-state index contributed by atoms with van der Waals surface area (Å²) in [5.74, 6) is 2.66. The van der Waals surface area contributed by atoms with Gasteiger partial charge in [-0.15, -0.1) is 0 Å².